The Kier molecular flexibility index (Phi) is 3.56. The molecule has 0 bridgehead atoms. The Balaban J connectivity index is 2.08. The van der Waals surface area contributed by atoms with Gasteiger partial charge in [-0.3, -0.25) is 4.98 Å². The second-order valence-corrected chi connectivity index (χ2v) is 4.64. The largest absolute Gasteiger partial charge is 0.378 e. The first-order valence-corrected chi connectivity index (χ1v) is 5.91. The van der Waals surface area contributed by atoms with E-state index in [9.17, 15) is 0 Å². The number of aromatic nitrogens is 1. The van der Waals surface area contributed by atoms with Crippen LogP contribution in [0.25, 0.3) is 0 Å². The molecule has 1 aliphatic rings. The van der Waals surface area contributed by atoms with Crippen molar-refractivity contribution >= 4 is 0 Å². The van der Waals surface area contributed by atoms with Gasteiger partial charge >= 0.3 is 0 Å². The van der Waals surface area contributed by atoms with Gasteiger partial charge in [0.15, 0.2) is 0 Å². The van der Waals surface area contributed by atoms with Gasteiger partial charge in [-0.15, -0.1) is 0 Å². The molecule has 88 valence electrons. The van der Waals surface area contributed by atoms with Crippen LogP contribution in [0.5, 0.6) is 0 Å². The van der Waals surface area contributed by atoms with Crippen molar-refractivity contribution in [1.82, 2.24) is 10.3 Å². The van der Waals surface area contributed by atoms with Crippen molar-refractivity contribution in [3.63, 3.8) is 0 Å². The second kappa shape index (κ2) is 4.93. The van der Waals surface area contributed by atoms with Gasteiger partial charge in [-0.05, 0) is 44.5 Å². The van der Waals surface area contributed by atoms with Crippen LogP contribution < -0.4 is 5.32 Å². The molecule has 1 aromatic heterocycles. The number of hydrogen-bond acceptors (Lipinski definition) is 3. The van der Waals surface area contributed by atoms with Crippen LogP contribution in [0.2, 0.25) is 0 Å². The van der Waals surface area contributed by atoms with Gasteiger partial charge in [0.05, 0.1) is 5.60 Å². The molecule has 0 aromatic carbocycles. The second-order valence-electron chi connectivity index (χ2n) is 4.64. The van der Waals surface area contributed by atoms with E-state index in [0.717, 1.165) is 38.0 Å². The molecule has 1 N–H and O–H groups in total. The quantitative estimate of drug-likeness (QED) is 0.842. The van der Waals surface area contributed by atoms with Crippen molar-refractivity contribution < 1.29 is 4.74 Å². The first-order valence-electron chi connectivity index (χ1n) is 5.91. The highest BCUT2D eigenvalue weighted by Crippen LogP contribution is 2.26. The van der Waals surface area contributed by atoms with Gasteiger partial charge < -0.3 is 10.1 Å². The lowest BCUT2D eigenvalue weighted by atomic mass is 9.87. The summed E-state index contributed by atoms with van der Waals surface area (Å²) in [6.45, 7) is 4.15. The van der Waals surface area contributed by atoms with Crippen molar-refractivity contribution in [2.75, 3.05) is 20.2 Å². The van der Waals surface area contributed by atoms with Gasteiger partial charge in [0, 0.05) is 25.4 Å². The number of nitrogens with one attached hydrogen (secondary N) is 1. The lowest BCUT2D eigenvalue weighted by Gasteiger charge is -2.36. The van der Waals surface area contributed by atoms with Gasteiger partial charge in [0.2, 0.25) is 0 Å². The molecular formula is C13H20N2O. The smallest absolute Gasteiger partial charge is 0.0758 e. The van der Waals surface area contributed by atoms with E-state index < -0.39 is 0 Å². The SMILES string of the molecule is COC1(Cc2ccc(C)cn2)CCNCC1. The predicted octanol–water partition coefficient (Wildman–Crippen LogP) is 1.70. The molecule has 1 saturated heterocycles. The van der Waals surface area contributed by atoms with Crippen LogP contribution in [0.3, 0.4) is 0 Å². The van der Waals surface area contributed by atoms with Crippen LogP contribution >= 0.6 is 0 Å². The summed E-state index contributed by atoms with van der Waals surface area (Å²) in [5.41, 5.74) is 2.34. The minimum Gasteiger partial charge on any atom is -0.378 e. The van der Waals surface area contributed by atoms with E-state index in [1.54, 1.807) is 0 Å². The van der Waals surface area contributed by atoms with Crippen molar-refractivity contribution in [1.29, 1.82) is 0 Å². The maximum absolute atomic E-state index is 5.73. The Morgan fingerprint density at radius 3 is 2.69 bits per heavy atom. The fourth-order valence-electron chi connectivity index (χ4n) is 2.27. The summed E-state index contributed by atoms with van der Waals surface area (Å²) < 4.78 is 5.73. The molecule has 0 atom stereocenters. The van der Waals surface area contributed by atoms with Crippen LogP contribution in [-0.4, -0.2) is 30.8 Å². The van der Waals surface area contributed by atoms with Gasteiger partial charge in [0.1, 0.15) is 0 Å². The minimum absolute atomic E-state index is 0.00644. The molecule has 0 spiro atoms. The number of piperidine rings is 1. The van der Waals surface area contributed by atoms with Crippen molar-refractivity contribution in [2.45, 2.75) is 31.8 Å². The zero-order chi connectivity index (χ0) is 11.4. The summed E-state index contributed by atoms with van der Waals surface area (Å²) >= 11 is 0. The Morgan fingerprint density at radius 1 is 1.38 bits per heavy atom. The molecule has 0 radical (unpaired) electrons. The Labute approximate surface area is 97.2 Å². The van der Waals surface area contributed by atoms with Crippen LogP contribution in [-0.2, 0) is 11.2 Å². The van der Waals surface area contributed by atoms with E-state index in [1.165, 1.54) is 5.56 Å². The van der Waals surface area contributed by atoms with E-state index >= 15 is 0 Å². The summed E-state index contributed by atoms with van der Waals surface area (Å²) in [6, 6.07) is 4.23. The first-order chi connectivity index (χ1) is 7.74. The number of hydrogen-bond donors (Lipinski definition) is 1. The molecule has 1 aliphatic heterocycles. The lowest BCUT2D eigenvalue weighted by molar-refractivity contribution is -0.0340. The molecule has 0 aliphatic carbocycles. The fourth-order valence-corrected chi connectivity index (χ4v) is 2.27. The molecule has 16 heavy (non-hydrogen) atoms. The summed E-state index contributed by atoms with van der Waals surface area (Å²) in [7, 11) is 1.82. The average molecular weight is 220 g/mol. The lowest BCUT2D eigenvalue weighted by Crippen LogP contribution is -2.45. The number of ether oxygens (including phenoxy) is 1. The highest BCUT2D eigenvalue weighted by atomic mass is 16.5. The van der Waals surface area contributed by atoms with Crippen LogP contribution in [0.4, 0.5) is 0 Å². The molecule has 3 heteroatoms. The molecular weight excluding hydrogens is 200 g/mol. The molecule has 2 rings (SSSR count). The standard InChI is InChI=1S/C13H20N2O/c1-11-3-4-12(15-10-11)9-13(16-2)5-7-14-8-6-13/h3-4,10,14H,5-9H2,1-2H3. The number of nitrogens with zero attached hydrogens (tertiary/aromatic N) is 1. The average Bonchev–Trinajstić information content (AvgIpc) is 2.33. The van der Waals surface area contributed by atoms with Gasteiger partial charge in [-0.2, -0.15) is 0 Å². The Morgan fingerprint density at radius 2 is 2.12 bits per heavy atom. The maximum Gasteiger partial charge on any atom is 0.0758 e. The molecule has 0 unspecified atom stereocenters. The summed E-state index contributed by atoms with van der Waals surface area (Å²) in [5, 5.41) is 3.37. The number of methoxy groups -OCH3 is 1. The molecule has 0 saturated carbocycles. The van der Waals surface area contributed by atoms with Crippen LogP contribution in [0.15, 0.2) is 18.3 Å². The van der Waals surface area contributed by atoms with E-state index in [0.29, 0.717) is 0 Å². The van der Waals surface area contributed by atoms with Crippen molar-refractivity contribution in [2.24, 2.45) is 0 Å². The molecule has 2 heterocycles. The third-order valence-electron chi connectivity index (χ3n) is 3.42. The fraction of sp³-hybridized carbons (Fsp3) is 0.615. The minimum atomic E-state index is -0.00644. The zero-order valence-electron chi connectivity index (χ0n) is 10.1. The highest BCUT2D eigenvalue weighted by molar-refractivity contribution is 5.14. The van der Waals surface area contributed by atoms with Crippen molar-refractivity contribution in [3.05, 3.63) is 29.6 Å². The summed E-state index contributed by atoms with van der Waals surface area (Å²) in [4.78, 5) is 4.46. The Hall–Kier alpha value is -0.930. The van der Waals surface area contributed by atoms with Gasteiger partial charge in [0.25, 0.3) is 0 Å². The number of rotatable bonds is 3. The number of aryl methyl sites for hydroxylation is 1. The summed E-state index contributed by atoms with van der Waals surface area (Å²) in [5.74, 6) is 0. The third-order valence-corrected chi connectivity index (χ3v) is 3.42. The van der Waals surface area contributed by atoms with Crippen LogP contribution in [0, 0.1) is 6.92 Å². The summed E-state index contributed by atoms with van der Waals surface area (Å²) in [6.07, 6.45) is 4.99. The zero-order valence-corrected chi connectivity index (χ0v) is 10.1. The normalized spacial score (nSPS) is 19.6. The third kappa shape index (κ3) is 2.60. The van der Waals surface area contributed by atoms with Gasteiger partial charge in [-0.25, -0.2) is 0 Å². The monoisotopic (exact) mass is 220 g/mol. The van der Waals surface area contributed by atoms with E-state index in [4.69, 9.17) is 4.74 Å². The van der Waals surface area contributed by atoms with E-state index in [2.05, 4.69) is 29.4 Å². The Bertz CT molecular complexity index is 328. The van der Waals surface area contributed by atoms with E-state index in [1.807, 2.05) is 13.3 Å². The molecule has 1 aromatic rings. The molecule has 0 amide bonds. The van der Waals surface area contributed by atoms with Crippen molar-refractivity contribution in [3.8, 4) is 0 Å². The van der Waals surface area contributed by atoms with Crippen LogP contribution in [0.1, 0.15) is 24.1 Å². The van der Waals surface area contributed by atoms with E-state index in [-0.39, 0.29) is 5.60 Å². The highest BCUT2D eigenvalue weighted by Gasteiger charge is 2.32. The van der Waals surface area contributed by atoms with Gasteiger partial charge in [-0.1, -0.05) is 6.07 Å². The number of pyridine rings is 1. The topological polar surface area (TPSA) is 34.1 Å². The molecule has 3 nitrogen and oxygen atoms in total. The first kappa shape index (κ1) is 11.6. The predicted molar refractivity (Wildman–Crippen MR) is 64.5 cm³/mol. The molecule has 1 fully saturated rings. The maximum atomic E-state index is 5.73.